The summed E-state index contributed by atoms with van der Waals surface area (Å²) in [6, 6.07) is 9.07. The van der Waals surface area contributed by atoms with E-state index in [9.17, 15) is 4.79 Å². The first kappa shape index (κ1) is 13.9. The Kier molecular flexibility index (Phi) is 3.49. The number of hydrogen-bond acceptors (Lipinski definition) is 5. The quantitative estimate of drug-likeness (QED) is 0.755. The number of amides is 1. The Balaban J connectivity index is 1.45. The number of carbonyl (C=O) groups excluding carboxylic acids is 1. The molecule has 0 bridgehead atoms. The lowest BCUT2D eigenvalue weighted by atomic mass is 10.0. The maximum absolute atomic E-state index is 12.2. The molecule has 1 N–H and O–H groups in total. The average molecular weight is 312 g/mol. The van der Waals surface area contributed by atoms with Crippen LogP contribution < -0.4 is 5.32 Å². The molecule has 0 radical (unpaired) electrons. The van der Waals surface area contributed by atoms with Crippen LogP contribution in [0.1, 0.15) is 52.4 Å². The van der Waals surface area contributed by atoms with Crippen molar-refractivity contribution in [1.82, 2.24) is 10.5 Å². The highest BCUT2D eigenvalue weighted by atomic mass is 16.5. The number of aromatic nitrogens is 1. The van der Waals surface area contributed by atoms with Crippen molar-refractivity contribution in [1.29, 1.82) is 0 Å². The van der Waals surface area contributed by atoms with E-state index in [1.807, 2.05) is 24.3 Å². The number of furan rings is 2. The van der Waals surface area contributed by atoms with Crippen LogP contribution in [-0.4, -0.2) is 17.6 Å². The molecular formula is C17H16N2O4. The molecule has 3 heterocycles. The highest BCUT2D eigenvalue weighted by molar-refractivity contribution is 5.92. The molecule has 0 aromatic carbocycles. The van der Waals surface area contributed by atoms with Crippen molar-refractivity contribution in [2.24, 2.45) is 0 Å². The Morgan fingerprint density at radius 1 is 1.22 bits per heavy atom. The summed E-state index contributed by atoms with van der Waals surface area (Å²) in [5.41, 5.74) is 0.310. The smallest absolute Gasteiger partial charge is 0.273 e. The molecular weight excluding hydrogens is 296 g/mol. The van der Waals surface area contributed by atoms with Crippen molar-refractivity contribution in [3.63, 3.8) is 0 Å². The van der Waals surface area contributed by atoms with Gasteiger partial charge in [-0.2, -0.15) is 0 Å². The van der Waals surface area contributed by atoms with Crippen molar-refractivity contribution >= 4 is 5.91 Å². The Bertz CT molecular complexity index is 735. The lowest BCUT2D eigenvalue weighted by Gasteiger charge is -2.12. The van der Waals surface area contributed by atoms with E-state index in [2.05, 4.69) is 10.5 Å². The molecule has 1 amide bonds. The van der Waals surface area contributed by atoms with Gasteiger partial charge in [-0.25, -0.2) is 0 Å². The summed E-state index contributed by atoms with van der Waals surface area (Å²) >= 11 is 0. The van der Waals surface area contributed by atoms with Crippen molar-refractivity contribution in [3.8, 4) is 0 Å². The zero-order valence-electron chi connectivity index (χ0n) is 12.4. The predicted octanol–water partition coefficient (Wildman–Crippen LogP) is 3.30. The molecule has 3 aromatic heterocycles. The van der Waals surface area contributed by atoms with Gasteiger partial charge >= 0.3 is 0 Å². The second-order valence-corrected chi connectivity index (χ2v) is 5.68. The van der Waals surface area contributed by atoms with E-state index in [1.54, 1.807) is 18.6 Å². The molecule has 118 valence electrons. The van der Waals surface area contributed by atoms with Crippen LogP contribution in [0.15, 0.2) is 56.2 Å². The molecule has 3 aromatic rings. The van der Waals surface area contributed by atoms with Crippen molar-refractivity contribution in [3.05, 3.63) is 65.8 Å². The topological polar surface area (TPSA) is 81.4 Å². The van der Waals surface area contributed by atoms with Crippen molar-refractivity contribution in [2.45, 2.75) is 24.7 Å². The van der Waals surface area contributed by atoms with Gasteiger partial charge in [-0.15, -0.1) is 0 Å². The third-order valence-corrected chi connectivity index (χ3v) is 3.98. The summed E-state index contributed by atoms with van der Waals surface area (Å²) in [4.78, 5) is 12.2. The molecule has 1 aliphatic carbocycles. The average Bonchev–Trinajstić information content (AvgIpc) is 3.06. The molecule has 0 spiro atoms. The van der Waals surface area contributed by atoms with Crippen LogP contribution in [0.2, 0.25) is 0 Å². The Hall–Kier alpha value is -2.76. The molecule has 0 unspecified atom stereocenters. The first-order chi connectivity index (χ1) is 11.3. The summed E-state index contributed by atoms with van der Waals surface area (Å²) in [6.45, 7) is 0.353. The zero-order chi connectivity index (χ0) is 15.6. The summed E-state index contributed by atoms with van der Waals surface area (Å²) < 4.78 is 16.1. The van der Waals surface area contributed by atoms with Crippen molar-refractivity contribution in [2.75, 3.05) is 6.54 Å². The first-order valence-corrected chi connectivity index (χ1v) is 7.63. The maximum Gasteiger partial charge on any atom is 0.273 e. The van der Waals surface area contributed by atoms with Crippen LogP contribution in [-0.2, 0) is 0 Å². The Morgan fingerprint density at radius 3 is 2.48 bits per heavy atom. The fourth-order valence-corrected chi connectivity index (χ4v) is 2.56. The predicted molar refractivity (Wildman–Crippen MR) is 80.1 cm³/mol. The Morgan fingerprint density at radius 2 is 1.91 bits per heavy atom. The molecule has 1 saturated carbocycles. The van der Waals surface area contributed by atoms with E-state index in [-0.39, 0.29) is 11.8 Å². The third-order valence-electron chi connectivity index (χ3n) is 3.98. The van der Waals surface area contributed by atoms with Crippen LogP contribution in [0.25, 0.3) is 0 Å². The van der Waals surface area contributed by atoms with E-state index in [0.717, 1.165) is 30.1 Å². The largest absolute Gasteiger partial charge is 0.469 e. The van der Waals surface area contributed by atoms with Gasteiger partial charge < -0.3 is 18.7 Å². The minimum atomic E-state index is -0.260. The minimum absolute atomic E-state index is 0.182. The molecule has 6 nitrogen and oxygen atoms in total. The first-order valence-electron chi connectivity index (χ1n) is 7.63. The zero-order valence-corrected chi connectivity index (χ0v) is 12.4. The van der Waals surface area contributed by atoms with Gasteiger partial charge in [0.1, 0.15) is 17.3 Å². The van der Waals surface area contributed by atoms with Gasteiger partial charge in [0.05, 0.1) is 18.4 Å². The number of nitrogens with one attached hydrogen (secondary N) is 1. The summed E-state index contributed by atoms with van der Waals surface area (Å²) in [6.07, 6.45) is 5.42. The fourth-order valence-electron chi connectivity index (χ4n) is 2.56. The second-order valence-electron chi connectivity index (χ2n) is 5.68. The number of carbonyl (C=O) groups is 1. The minimum Gasteiger partial charge on any atom is -0.469 e. The molecule has 6 heteroatoms. The second kappa shape index (κ2) is 5.79. The summed E-state index contributed by atoms with van der Waals surface area (Å²) in [5.74, 6) is 2.26. The molecule has 1 fully saturated rings. The third kappa shape index (κ3) is 2.92. The Labute approximate surface area is 132 Å². The van der Waals surface area contributed by atoms with Crippen molar-refractivity contribution < 1.29 is 18.2 Å². The number of hydrogen-bond donors (Lipinski definition) is 1. The lowest BCUT2D eigenvalue weighted by molar-refractivity contribution is 0.0942. The molecule has 0 saturated heterocycles. The van der Waals surface area contributed by atoms with Crippen LogP contribution in [0, 0.1) is 0 Å². The highest BCUT2D eigenvalue weighted by Gasteiger charge is 2.29. The van der Waals surface area contributed by atoms with E-state index >= 15 is 0 Å². The monoisotopic (exact) mass is 312 g/mol. The van der Waals surface area contributed by atoms with Gasteiger partial charge in [-0.3, -0.25) is 4.79 Å². The number of rotatable bonds is 6. The molecule has 23 heavy (non-hydrogen) atoms. The molecule has 0 aliphatic heterocycles. The van der Waals surface area contributed by atoms with Gasteiger partial charge in [0.2, 0.25) is 0 Å². The normalized spacial score (nSPS) is 14.3. The van der Waals surface area contributed by atoms with E-state index in [0.29, 0.717) is 18.2 Å². The maximum atomic E-state index is 12.2. The van der Waals surface area contributed by atoms with Gasteiger partial charge in [-0.05, 0) is 37.1 Å². The van der Waals surface area contributed by atoms with Gasteiger partial charge in [0.25, 0.3) is 5.91 Å². The molecule has 1 aliphatic rings. The molecule has 4 rings (SSSR count). The van der Waals surface area contributed by atoms with E-state index in [4.69, 9.17) is 13.4 Å². The standard InChI is InChI=1S/C17H16N2O4/c20-17(13-9-16(23-19-13)11-5-6-11)18-10-12(14-3-1-7-21-14)15-4-2-8-22-15/h1-4,7-9,11-12H,5-6,10H2,(H,18,20). The molecule has 0 atom stereocenters. The van der Waals surface area contributed by atoms with Gasteiger partial charge in [-0.1, -0.05) is 5.16 Å². The van der Waals surface area contributed by atoms with Gasteiger partial charge in [0.15, 0.2) is 5.69 Å². The lowest BCUT2D eigenvalue weighted by Crippen LogP contribution is -2.28. The fraction of sp³-hybridized carbons (Fsp3) is 0.294. The SMILES string of the molecule is O=C(NCC(c1ccco1)c1ccco1)c1cc(C2CC2)on1. The van der Waals surface area contributed by atoms with Crippen LogP contribution >= 0.6 is 0 Å². The highest BCUT2D eigenvalue weighted by Crippen LogP contribution is 2.40. The van der Waals surface area contributed by atoms with Crippen LogP contribution in [0.4, 0.5) is 0 Å². The summed E-state index contributed by atoms with van der Waals surface area (Å²) in [7, 11) is 0. The van der Waals surface area contributed by atoms with Crippen LogP contribution in [0.3, 0.4) is 0 Å². The number of nitrogens with zero attached hydrogens (tertiary/aromatic N) is 1. The van der Waals surface area contributed by atoms with Gasteiger partial charge in [0, 0.05) is 18.5 Å². The van der Waals surface area contributed by atoms with E-state index < -0.39 is 0 Å². The van der Waals surface area contributed by atoms with E-state index in [1.165, 1.54) is 0 Å². The van der Waals surface area contributed by atoms with Crippen LogP contribution in [0.5, 0.6) is 0 Å². The summed E-state index contributed by atoms with van der Waals surface area (Å²) in [5, 5.41) is 6.71.